The Morgan fingerprint density at radius 2 is 2.00 bits per heavy atom. The lowest BCUT2D eigenvalue weighted by atomic mass is 10.1. The van der Waals surface area contributed by atoms with Crippen molar-refractivity contribution < 1.29 is 4.57 Å². The largest absolute Gasteiger partial charge is 0.357 e. The van der Waals surface area contributed by atoms with Crippen LogP contribution in [0, 0.1) is 0 Å². The van der Waals surface area contributed by atoms with Crippen LogP contribution in [0.15, 0.2) is 78.9 Å². The molecular formula is C26H29ClNOP. The second kappa shape index (κ2) is 9.69. The molecular weight excluding hydrogens is 409 g/mol. The average molecular weight is 438 g/mol. The van der Waals surface area contributed by atoms with Gasteiger partial charge in [0.25, 0.3) is 0 Å². The first-order valence-corrected chi connectivity index (χ1v) is 12.7. The second-order valence-corrected chi connectivity index (χ2v) is 10.9. The number of fused-ring (bicyclic) bond motifs is 1. The highest BCUT2D eigenvalue weighted by atomic mass is 35.5. The van der Waals surface area contributed by atoms with Crippen LogP contribution in [-0.2, 0) is 17.4 Å². The third-order valence-corrected chi connectivity index (χ3v) is 8.92. The summed E-state index contributed by atoms with van der Waals surface area (Å²) in [6, 6.07) is 14.0. The van der Waals surface area contributed by atoms with E-state index in [0.29, 0.717) is 17.6 Å². The molecule has 2 aromatic carbocycles. The van der Waals surface area contributed by atoms with Gasteiger partial charge in [0.05, 0.1) is 0 Å². The number of H-pyrrole nitrogens is 1. The highest BCUT2D eigenvalue weighted by Gasteiger charge is 2.32. The van der Waals surface area contributed by atoms with E-state index in [-0.39, 0.29) is 0 Å². The van der Waals surface area contributed by atoms with E-state index in [1.807, 2.05) is 56.3 Å². The Bertz CT molecular complexity index is 1170. The molecule has 1 aromatic heterocycles. The van der Waals surface area contributed by atoms with Crippen molar-refractivity contribution in [2.45, 2.75) is 33.6 Å². The molecule has 3 aromatic rings. The molecule has 3 rings (SSSR count). The number of hydrogen-bond acceptors (Lipinski definition) is 1. The molecule has 1 unspecified atom stereocenters. The van der Waals surface area contributed by atoms with Gasteiger partial charge in [-0.25, -0.2) is 0 Å². The minimum absolute atomic E-state index is 0.552. The van der Waals surface area contributed by atoms with Gasteiger partial charge in [0.2, 0.25) is 0 Å². The Morgan fingerprint density at radius 3 is 2.67 bits per heavy atom. The van der Waals surface area contributed by atoms with E-state index >= 15 is 0 Å². The number of halogens is 1. The predicted octanol–water partition coefficient (Wildman–Crippen LogP) is 6.95. The zero-order valence-electron chi connectivity index (χ0n) is 17.9. The van der Waals surface area contributed by atoms with Gasteiger partial charge in [0, 0.05) is 44.8 Å². The van der Waals surface area contributed by atoms with Crippen LogP contribution in [0.3, 0.4) is 0 Å². The van der Waals surface area contributed by atoms with Crippen molar-refractivity contribution in [2.24, 2.45) is 0 Å². The third kappa shape index (κ3) is 4.41. The van der Waals surface area contributed by atoms with Crippen molar-refractivity contribution >= 4 is 40.3 Å². The average Bonchev–Trinajstić information content (AvgIpc) is 3.11. The summed E-state index contributed by atoms with van der Waals surface area (Å²) in [5.41, 5.74) is 4.24. The van der Waals surface area contributed by atoms with Gasteiger partial charge in [-0.1, -0.05) is 74.5 Å². The van der Waals surface area contributed by atoms with Crippen LogP contribution in [0.4, 0.5) is 0 Å². The lowest BCUT2D eigenvalue weighted by molar-refractivity contribution is 0.587. The SMILES string of the molecule is C=C/C=C(\C=C/C)Cc1[nH]c2ccc(Cl)cc2c1P(=O)(CC)c1cccc(CC)c1. The number of rotatable bonds is 8. The van der Waals surface area contributed by atoms with Gasteiger partial charge in [-0.2, -0.15) is 0 Å². The van der Waals surface area contributed by atoms with E-state index in [9.17, 15) is 4.57 Å². The Hall–Kier alpha value is -2.28. The molecule has 0 aliphatic carbocycles. The first-order chi connectivity index (χ1) is 14.5. The maximum absolute atomic E-state index is 14.6. The molecule has 1 atom stereocenters. The molecule has 1 N–H and O–H groups in total. The number of aromatic amines is 1. The van der Waals surface area contributed by atoms with Crippen molar-refractivity contribution in [3.8, 4) is 0 Å². The fourth-order valence-corrected chi connectivity index (χ4v) is 6.92. The molecule has 0 spiro atoms. The summed E-state index contributed by atoms with van der Waals surface area (Å²) in [5, 5.41) is 3.40. The summed E-state index contributed by atoms with van der Waals surface area (Å²) in [5.74, 6) is 0. The maximum Gasteiger partial charge on any atom is 0.145 e. The van der Waals surface area contributed by atoms with Crippen LogP contribution in [0.5, 0.6) is 0 Å². The van der Waals surface area contributed by atoms with Crippen LogP contribution >= 0.6 is 18.7 Å². The smallest absolute Gasteiger partial charge is 0.145 e. The van der Waals surface area contributed by atoms with Crippen LogP contribution in [-0.4, -0.2) is 11.1 Å². The van der Waals surface area contributed by atoms with Crippen molar-refractivity contribution in [3.63, 3.8) is 0 Å². The molecule has 4 heteroatoms. The van der Waals surface area contributed by atoms with Crippen LogP contribution < -0.4 is 10.6 Å². The number of nitrogens with one attached hydrogen (secondary N) is 1. The summed E-state index contributed by atoms with van der Waals surface area (Å²) in [7, 11) is -2.86. The van der Waals surface area contributed by atoms with E-state index in [1.54, 1.807) is 6.08 Å². The first kappa shape index (κ1) is 22.4. The van der Waals surface area contributed by atoms with Gasteiger partial charge in [-0.3, -0.25) is 0 Å². The molecule has 0 bridgehead atoms. The van der Waals surface area contributed by atoms with E-state index < -0.39 is 7.14 Å². The summed E-state index contributed by atoms with van der Waals surface area (Å²) in [4.78, 5) is 3.54. The fraction of sp³-hybridized carbons (Fsp3) is 0.231. The number of aryl methyl sites for hydroxylation is 1. The Morgan fingerprint density at radius 1 is 1.20 bits per heavy atom. The van der Waals surface area contributed by atoms with Gasteiger partial charge in [0.15, 0.2) is 0 Å². The topological polar surface area (TPSA) is 32.9 Å². The normalized spacial score (nSPS) is 14.3. The van der Waals surface area contributed by atoms with Gasteiger partial charge in [0.1, 0.15) is 7.14 Å². The molecule has 0 fully saturated rings. The summed E-state index contributed by atoms with van der Waals surface area (Å²) >= 11 is 6.35. The number of hydrogen-bond donors (Lipinski definition) is 1. The minimum atomic E-state index is -2.86. The van der Waals surface area contributed by atoms with Gasteiger partial charge >= 0.3 is 0 Å². The van der Waals surface area contributed by atoms with E-state index in [4.69, 9.17) is 11.6 Å². The minimum Gasteiger partial charge on any atom is -0.357 e. The van der Waals surface area contributed by atoms with Crippen molar-refractivity contribution in [2.75, 3.05) is 6.16 Å². The molecule has 0 aliphatic rings. The molecule has 2 nitrogen and oxygen atoms in total. The predicted molar refractivity (Wildman–Crippen MR) is 133 cm³/mol. The zero-order chi connectivity index (χ0) is 21.7. The van der Waals surface area contributed by atoms with Crippen molar-refractivity contribution in [3.05, 3.63) is 95.2 Å². The standard InChI is InChI=1S/C26H29ClNOP/c1-5-10-20(11-6-2)17-25-26(23-18-21(27)14-15-24(23)28-25)30(29,8-4)22-13-9-12-19(7-3)16-22/h5-6,9-16,18,28H,1,7-8,17H2,2-4H3/b11-6-,20-10+. The monoisotopic (exact) mass is 437 g/mol. The second-order valence-electron chi connectivity index (χ2n) is 7.38. The molecule has 1 heterocycles. The van der Waals surface area contributed by atoms with Gasteiger partial charge in [-0.05, 0) is 48.7 Å². The van der Waals surface area contributed by atoms with E-state index in [1.165, 1.54) is 5.56 Å². The Labute approximate surface area is 184 Å². The first-order valence-electron chi connectivity index (χ1n) is 10.4. The van der Waals surface area contributed by atoms with Crippen LogP contribution in [0.25, 0.3) is 10.9 Å². The summed E-state index contributed by atoms with van der Waals surface area (Å²) < 4.78 is 14.6. The van der Waals surface area contributed by atoms with Crippen LogP contribution in [0.1, 0.15) is 32.0 Å². The highest BCUT2D eigenvalue weighted by Crippen LogP contribution is 2.47. The number of benzene rings is 2. The van der Waals surface area contributed by atoms with Gasteiger partial charge < -0.3 is 9.55 Å². The van der Waals surface area contributed by atoms with Crippen LogP contribution in [0.2, 0.25) is 5.02 Å². The Balaban J connectivity index is 2.30. The third-order valence-electron chi connectivity index (χ3n) is 5.44. The number of allylic oxidation sites excluding steroid dienone is 5. The quantitative estimate of drug-likeness (QED) is 0.300. The molecule has 0 aliphatic heterocycles. The molecule has 0 saturated carbocycles. The zero-order valence-corrected chi connectivity index (χ0v) is 19.6. The Kier molecular flexibility index (Phi) is 7.23. The molecule has 156 valence electrons. The molecule has 0 radical (unpaired) electrons. The fourth-order valence-electron chi connectivity index (χ4n) is 3.96. The van der Waals surface area contributed by atoms with E-state index in [2.05, 4.69) is 36.7 Å². The highest BCUT2D eigenvalue weighted by molar-refractivity contribution is 7.79. The summed E-state index contributed by atoms with van der Waals surface area (Å²) in [6.07, 6.45) is 9.98. The summed E-state index contributed by atoms with van der Waals surface area (Å²) in [6.45, 7) is 9.97. The lowest BCUT2D eigenvalue weighted by Gasteiger charge is -2.20. The van der Waals surface area contributed by atoms with Gasteiger partial charge in [-0.15, -0.1) is 0 Å². The number of aromatic nitrogens is 1. The lowest BCUT2D eigenvalue weighted by Crippen LogP contribution is -2.21. The van der Waals surface area contributed by atoms with Crippen molar-refractivity contribution in [1.29, 1.82) is 0 Å². The molecule has 0 saturated heterocycles. The van der Waals surface area contributed by atoms with Crippen molar-refractivity contribution in [1.82, 2.24) is 4.98 Å². The molecule has 30 heavy (non-hydrogen) atoms. The maximum atomic E-state index is 14.6. The van der Waals surface area contributed by atoms with E-state index in [0.717, 1.165) is 39.2 Å². The molecule has 0 amide bonds.